The van der Waals surface area contributed by atoms with Crippen LogP contribution < -0.4 is 19.8 Å². The Balaban J connectivity index is 1.86. The van der Waals surface area contributed by atoms with E-state index in [-0.39, 0.29) is 16.8 Å². The number of benzene rings is 2. The third-order valence-corrected chi connectivity index (χ3v) is 7.09. The van der Waals surface area contributed by atoms with E-state index >= 15 is 0 Å². The Bertz CT molecular complexity index is 1470. The highest BCUT2D eigenvalue weighted by atomic mass is 35.5. The summed E-state index contributed by atoms with van der Waals surface area (Å²) in [4.78, 5) is 34.5. The largest absolute Gasteiger partial charge is 0.497 e. The van der Waals surface area contributed by atoms with Gasteiger partial charge in [-0.25, -0.2) is 4.98 Å². The molecule has 0 aliphatic carbocycles. The summed E-state index contributed by atoms with van der Waals surface area (Å²) in [6, 6.07) is 9.20. The van der Waals surface area contributed by atoms with Crippen molar-refractivity contribution in [3.8, 4) is 11.5 Å². The molecule has 4 aromatic rings. The van der Waals surface area contributed by atoms with Crippen molar-refractivity contribution in [3.05, 3.63) is 79.1 Å². The summed E-state index contributed by atoms with van der Waals surface area (Å²) in [6.07, 6.45) is 0. The van der Waals surface area contributed by atoms with Gasteiger partial charge in [0.15, 0.2) is 10.6 Å². The van der Waals surface area contributed by atoms with Crippen LogP contribution in [0.2, 0.25) is 5.02 Å². The monoisotopic (exact) mass is 482 g/mol. The third kappa shape index (κ3) is 3.29. The lowest BCUT2D eigenvalue weighted by atomic mass is 9.97. The molecule has 1 amide bonds. The number of hydrogen-bond donors (Lipinski definition) is 0. The molecule has 0 bridgehead atoms. The average Bonchev–Trinajstić information content (AvgIpc) is 3.29. The highest BCUT2D eigenvalue weighted by Crippen LogP contribution is 2.46. The Labute approximate surface area is 198 Å². The van der Waals surface area contributed by atoms with Crippen LogP contribution >= 0.6 is 22.9 Å². The number of carbonyl (C=O) groups excluding carboxylic acids is 1. The van der Waals surface area contributed by atoms with Gasteiger partial charge < -0.3 is 13.9 Å². The Hall–Kier alpha value is -3.36. The van der Waals surface area contributed by atoms with E-state index in [1.165, 1.54) is 23.3 Å². The van der Waals surface area contributed by atoms with E-state index in [0.29, 0.717) is 38.2 Å². The normalized spacial score (nSPS) is 15.2. The minimum atomic E-state index is -0.817. The van der Waals surface area contributed by atoms with E-state index in [2.05, 4.69) is 4.98 Å². The van der Waals surface area contributed by atoms with Crippen LogP contribution in [0, 0.1) is 13.8 Å². The number of anilines is 1. The number of ether oxygens (including phenoxy) is 2. The molecule has 7 nitrogen and oxygen atoms in total. The molecular weight excluding hydrogens is 464 g/mol. The zero-order valence-corrected chi connectivity index (χ0v) is 19.8. The number of amides is 1. The van der Waals surface area contributed by atoms with Crippen LogP contribution in [-0.2, 0) is 0 Å². The van der Waals surface area contributed by atoms with E-state index < -0.39 is 11.9 Å². The second-order valence-electron chi connectivity index (χ2n) is 7.64. The maximum absolute atomic E-state index is 13.7. The fourth-order valence-corrected chi connectivity index (χ4v) is 5.16. The summed E-state index contributed by atoms with van der Waals surface area (Å²) < 4.78 is 17.0. The quantitative estimate of drug-likeness (QED) is 0.393. The van der Waals surface area contributed by atoms with Crippen LogP contribution in [0.4, 0.5) is 5.13 Å². The van der Waals surface area contributed by atoms with Crippen LogP contribution in [-0.4, -0.2) is 25.1 Å². The van der Waals surface area contributed by atoms with Crippen molar-refractivity contribution in [2.75, 3.05) is 19.1 Å². The number of nitrogens with zero attached hydrogens (tertiary/aromatic N) is 2. The fourth-order valence-electron chi connectivity index (χ4n) is 4.05. The summed E-state index contributed by atoms with van der Waals surface area (Å²) >= 11 is 7.53. The molecule has 0 N–H and O–H groups in total. The Morgan fingerprint density at radius 2 is 1.88 bits per heavy atom. The lowest BCUT2D eigenvalue weighted by Crippen LogP contribution is -2.29. The molecule has 0 saturated heterocycles. The van der Waals surface area contributed by atoms with E-state index in [1.807, 2.05) is 13.8 Å². The van der Waals surface area contributed by atoms with Crippen molar-refractivity contribution in [1.29, 1.82) is 0 Å². The molecule has 1 aliphatic heterocycles. The van der Waals surface area contributed by atoms with Gasteiger partial charge in [-0.1, -0.05) is 11.6 Å². The van der Waals surface area contributed by atoms with E-state index in [9.17, 15) is 9.59 Å². The molecular formula is C24H19ClN2O5S. The standard InChI is InChI=1S/C24H19ClN2O5S/c1-11-12(2)33-24(26-11)27-20(15-10-14(30-3)6-8-17(15)31-4)19-21(28)16-9-13(25)5-7-18(16)32-22(19)23(27)29/h5-10,20H,1-4H3/t20-/m0/s1. The predicted molar refractivity (Wildman–Crippen MR) is 127 cm³/mol. The van der Waals surface area contributed by atoms with Crippen LogP contribution in [0.5, 0.6) is 11.5 Å². The highest BCUT2D eigenvalue weighted by Gasteiger charge is 2.46. The van der Waals surface area contributed by atoms with Gasteiger partial charge in [-0.3, -0.25) is 14.5 Å². The molecule has 0 radical (unpaired) electrons. The smallest absolute Gasteiger partial charge is 0.297 e. The van der Waals surface area contributed by atoms with Gasteiger partial charge in [0.1, 0.15) is 23.1 Å². The van der Waals surface area contributed by atoms with Gasteiger partial charge in [-0.05, 0) is 50.2 Å². The van der Waals surface area contributed by atoms with E-state index in [4.69, 9.17) is 25.5 Å². The number of methoxy groups -OCH3 is 2. The predicted octanol–water partition coefficient (Wildman–Crippen LogP) is 5.29. The molecule has 1 aliphatic rings. The second kappa shape index (κ2) is 7.90. The van der Waals surface area contributed by atoms with Crippen molar-refractivity contribution in [1.82, 2.24) is 4.98 Å². The number of halogens is 1. The Kier molecular flexibility index (Phi) is 5.14. The number of thiazole rings is 1. The molecule has 5 rings (SSSR count). The van der Waals surface area contributed by atoms with Gasteiger partial charge >= 0.3 is 0 Å². The van der Waals surface area contributed by atoms with Crippen molar-refractivity contribution < 1.29 is 18.7 Å². The highest BCUT2D eigenvalue weighted by molar-refractivity contribution is 7.15. The van der Waals surface area contributed by atoms with E-state index in [0.717, 1.165) is 10.6 Å². The first-order chi connectivity index (χ1) is 15.8. The Morgan fingerprint density at radius 3 is 2.55 bits per heavy atom. The maximum atomic E-state index is 13.7. The molecule has 0 saturated carbocycles. The molecule has 2 aromatic carbocycles. The van der Waals surface area contributed by atoms with Gasteiger partial charge in [0.25, 0.3) is 5.91 Å². The van der Waals surface area contributed by atoms with Crippen molar-refractivity contribution >= 4 is 44.9 Å². The van der Waals surface area contributed by atoms with Gasteiger partial charge in [0.2, 0.25) is 5.76 Å². The summed E-state index contributed by atoms with van der Waals surface area (Å²) in [5, 5.41) is 1.17. The molecule has 0 unspecified atom stereocenters. The summed E-state index contributed by atoms with van der Waals surface area (Å²) in [5.41, 5.74) is 1.58. The fraction of sp³-hybridized carbons (Fsp3) is 0.208. The topological polar surface area (TPSA) is 81.9 Å². The van der Waals surface area contributed by atoms with Crippen LogP contribution in [0.3, 0.4) is 0 Å². The van der Waals surface area contributed by atoms with E-state index in [1.54, 1.807) is 43.5 Å². The van der Waals surface area contributed by atoms with Crippen molar-refractivity contribution in [3.63, 3.8) is 0 Å². The first-order valence-electron chi connectivity index (χ1n) is 10.1. The first kappa shape index (κ1) is 21.5. The third-order valence-electron chi connectivity index (χ3n) is 5.79. The second-order valence-corrected chi connectivity index (χ2v) is 9.26. The van der Waals surface area contributed by atoms with Crippen molar-refractivity contribution in [2.24, 2.45) is 0 Å². The molecule has 168 valence electrons. The summed E-state index contributed by atoms with van der Waals surface area (Å²) in [7, 11) is 3.09. The van der Waals surface area contributed by atoms with Gasteiger partial charge in [-0.15, -0.1) is 11.3 Å². The zero-order valence-electron chi connectivity index (χ0n) is 18.3. The molecule has 33 heavy (non-hydrogen) atoms. The molecule has 3 heterocycles. The first-order valence-corrected chi connectivity index (χ1v) is 11.3. The molecule has 0 spiro atoms. The number of aromatic nitrogens is 1. The number of rotatable bonds is 4. The number of carbonyl (C=O) groups is 1. The SMILES string of the molecule is COc1ccc(OC)c([C@H]2c3c(oc4ccc(Cl)cc4c3=O)C(=O)N2c2nc(C)c(C)s2)c1. The number of fused-ring (bicyclic) bond motifs is 2. The maximum Gasteiger partial charge on any atom is 0.297 e. The minimum absolute atomic E-state index is 0.0183. The van der Waals surface area contributed by atoms with Crippen LogP contribution in [0.25, 0.3) is 11.0 Å². The molecule has 0 fully saturated rings. The van der Waals surface area contributed by atoms with Crippen LogP contribution in [0.1, 0.15) is 38.3 Å². The zero-order chi connectivity index (χ0) is 23.4. The summed E-state index contributed by atoms with van der Waals surface area (Å²) in [5.74, 6) is 0.603. The van der Waals surface area contributed by atoms with Crippen molar-refractivity contribution in [2.45, 2.75) is 19.9 Å². The van der Waals surface area contributed by atoms with Gasteiger partial charge in [0.05, 0.1) is 30.9 Å². The summed E-state index contributed by atoms with van der Waals surface area (Å²) in [6.45, 7) is 3.81. The number of aryl methyl sites for hydroxylation is 2. The molecule has 2 aromatic heterocycles. The Morgan fingerprint density at radius 1 is 1.09 bits per heavy atom. The molecule has 9 heteroatoms. The van der Waals surface area contributed by atoms with Gasteiger partial charge in [-0.2, -0.15) is 0 Å². The average molecular weight is 483 g/mol. The van der Waals surface area contributed by atoms with Crippen LogP contribution in [0.15, 0.2) is 45.6 Å². The lowest BCUT2D eigenvalue weighted by Gasteiger charge is -2.24. The molecule has 1 atom stereocenters. The van der Waals surface area contributed by atoms with Gasteiger partial charge in [0, 0.05) is 15.5 Å². The number of hydrogen-bond acceptors (Lipinski definition) is 7. The lowest BCUT2D eigenvalue weighted by molar-refractivity contribution is 0.0970. The minimum Gasteiger partial charge on any atom is -0.497 e.